The molecular formula is C20H21N3O. The van der Waals surface area contributed by atoms with Gasteiger partial charge in [0.2, 0.25) is 5.91 Å². The van der Waals surface area contributed by atoms with Crippen LogP contribution >= 0.6 is 0 Å². The fourth-order valence-electron chi connectivity index (χ4n) is 2.96. The molecule has 0 unspecified atom stereocenters. The van der Waals surface area contributed by atoms with E-state index in [1.54, 1.807) is 0 Å². The number of rotatable bonds is 6. The van der Waals surface area contributed by atoms with Crippen LogP contribution in [0.15, 0.2) is 48.5 Å². The van der Waals surface area contributed by atoms with Crippen molar-refractivity contribution < 1.29 is 4.79 Å². The highest BCUT2D eigenvalue weighted by atomic mass is 16.2. The predicted molar refractivity (Wildman–Crippen MR) is 92.8 cm³/mol. The highest BCUT2D eigenvalue weighted by Gasteiger charge is 2.19. The van der Waals surface area contributed by atoms with Gasteiger partial charge in [0.25, 0.3) is 0 Å². The van der Waals surface area contributed by atoms with Crippen LogP contribution in [-0.2, 0) is 24.4 Å². The third-order valence-corrected chi connectivity index (χ3v) is 4.28. The second-order valence-corrected chi connectivity index (χ2v) is 6.15. The van der Waals surface area contributed by atoms with E-state index in [0.717, 1.165) is 31.6 Å². The Balaban J connectivity index is 1.49. The maximum Gasteiger partial charge on any atom is 0.222 e. The Morgan fingerprint density at radius 1 is 1.04 bits per heavy atom. The zero-order valence-electron chi connectivity index (χ0n) is 13.7. The standard InChI is InChI=1S/C20H21N3O/c21-12-18-3-1-4-19(11-18)14-22-13-16-6-8-17(9-7-16)15-23-10-2-5-20(23)24/h1,3-4,6-9,11,22H,2,5,10,13-15H2. The number of benzene rings is 2. The molecule has 4 heteroatoms. The summed E-state index contributed by atoms with van der Waals surface area (Å²) in [7, 11) is 0. The average molecular weight is 319 g/mol. The summed E-state index contributed by atoms with van der Waals surface area (Å²) in [5.41, 5.74) is 4.19. The molecule has 3 rings (SSSR count). The van der Waals surface area contributed by atoms with Crippen LogP contribution in [0.25, 0.3) is 0 Å². The first-order chi connectivity index (χ1) is 11.7. The van der Waals surface area contributed by atoms with Gasteiger partial charge >= 0.3 is 0 Å². The van der Waals surface area contributed by atoms with Gasteiger partial charge in [0.15, 0.2) is 0 Å². The Bertz CT molecular complexity index is 746. The minimum absolute atomic E-state index is 0.264. The SMILES string of the molecule is N#Cc1cccc(CNCc2ccc(CN3CCCC3=O)cc2)c1. The lowest BCUT2D eigenvalue weighted by molar-refractivity contribution is -0.128. The molecule has 4 nitrogen and oxygen atoms in total. The van der Waals surface area contributed by atoms with Gasteiger partial charge < -0.3 is 10.2 Å². The summed E-state index contributed by atoms with van der Waals surface area (Å²) in [5.74, 6) is 0.264. The van der Waals surface area contributed by atoms with E-state index in [9.17, 15) is 4.79 Å². The highest BCUT2D eigenvalue weighted by molar-refractivity contribution is 5.78. The number of nitrogens with one attached hydrogen (secondary N) is 1. The smallest absolute Gasteiger partial charge is 0.222 e. The summed E-state index contributed by atoms with van der Waals surface area (Å²) in [6.45, 7) is 3.11. The molecule has 24 heavy (non-hydrogen) atoms. The fourth-order valence-corrected chi connectivity index (χ4v) is 2.96. The summed E-state index contributed by atoms with van der Waals surface area (Å²) in [5, 5.41) is 12.3. The minimum Gasteiger partial charge on any atom is -0.338 e. The Labute approximate surface area is 142 Å². The molecule has 1 N–H and O–H groups in total. The van der Waals surface area contributed by atoms with E-state index in [1.165, 1.54) is 11.1 Å². The molecule has 1 heterocycles. The number of likely N-dealkylation sites (tertiary alicyclic amines) is 1. The van der Waals surface area contributed by atoms with Crippen LogP contribution in [-0.4, -0.2) is 17.4 Å². The van der Waals surface area contributed by atoms with Crippen LogP contribution in [0.4, 0.5) is 0 Å². The molecule has 0 atom stereocenters. The number of carbonyl (C=O) groups is 1. The van der Waals surface area contributed by atoms with Crippen molar-refractivity contribution in [3.8, 4) is 6.07 Å². The van der Waals surface area contributed by atoms with Crippen LogP contribution in [0, 0.1) is 11.3 Å². The normalized spacial score (nSPS) is 14.0. The van der Waals surface area contributed by atoms with Crippen molar-refractivity contribution >= 4 is 5.91 Å². The van der Waals surface area contributed by atoms with Gasteiger partial charge in [-0.1, -0.05) is 36.4 Å². The van der Waals surface area contributed by atoms with Gasteiger partial charge in [-0.25, -0.2) is 0 Å². The van der Waals surface area contributed by atoms with Gasteiger partial charge in [-0.05, 0) is 35.2 Å². The molecule has 1 saturated heterocycles. The minimum atomic E-state index is 0.264. The van der Waals surface area contributed by atoms with Crippen LogP contribution in [0.2, 0.25) is 0 Å². The van der Waals surface area contributed by atoms with Crippen LogP contribution in [0.3, 0.4) is 0 Å². The third kappa shape index (κ3) is 4.21. The van der Waals surface area contributed by atoms with Crippen molar-refractivity contribution in [3.05, 3.63) is 70.8 Å². The molecular weight excluding hydrogens is 298 g/mol. The lowest BCUT2D eigenvalue weighted by Gasteiger charge is -2.15. The maximum atomic E-state index is 11.7. The third-order valence-electron chi connectivity index (χ3n) is 4.28. The van der Waals surface area contributed by atoms with E-state index in [1.807, 2.05) is 29.2 Å². The summed E-state index contributed by atoms with van der Waals surface area (Å²) in [6.07, 6.45) is 1.67. The van der Waals surface area contributed by atoms with Crippen molar-refractivity contribution in [3.63, 3.8) is 0 Å². The number of hydrogen-bond acceptors (Lipinski definition) is 3. The summed E-state index contributed by atoms with van der Waals surface area (Å²) >= 11 is 0. The lowest BCUT2D eigenvalue weighted by Crippen LogP contribution is -2.23. The van der Waals surface area contributed by atoms with Crippen molar-refractivity contribution in [2.75, 3.05) is 6.54 Å². The fraction of sp³-hybridized carbons (Fsp3) is 0.300. The Hall–Kier alpha value is -2.64. The topological polar surface area (TPSA) is 56.1 Å². The predicted octanol–water partition coefficient (Wildman–Crippen LogP) is 2.97. The molecule has 1 aliphatic rings. The van der Waals surface area contributed by atoms with Gasteiger partial charge in [-0.2, -0.15) is 5.26 Å². The first-order valence-electron chi connectivity index (χ1n) is 8.30. The summed E-state index contributed by atoms with van der Waals surface area (Å²) < 4.78 is 0. The number of carbonyl (C=O) groups excluding carboxylic acids is 1. The van der Waals surface area contributed by atoms with Gasteiger partial charge in [0, 0.05) is 32.6 Å². The second-order valence-electron chi connectivity index (χ2n) is 6.15. The molecule has 2 aromatic rings. The van der Waals surface area contributed by atoms with Crippen molar-refractivity contribution in [2.24, 2.45) is 0 Å². The average Bonchev–Trinajstić information content (AvgIpc) is 3.01. The van der Waals surface area contributed by atoms with Gasteiger partial charge in [0.1, 0.15) is 0 Å². The summed E-state index contributed by atoms with van der Waals surface area (Å²) in [4.78, 5) is 13.6. The van der Waals surface area contributed by atoms with Gasteiger partial charge in [-0.15, -0.1) is 0 Å². The highest BCUT2D eigenvalue weighted by Crippen LogP contribution is 2.15. The van der Waals surface area contributed by atoms with E-state index < -0.39 is 0 Å². The Morgan fingerprint density at radius 3 is 2.50 bits per heavy atom. The largest absolute Gasteiger partial charge is 0.338 e. The first kappa shape index (κ1) is 16.2. The van der Waals surface area contributed by atoms with E-state index in [2.05, 4.69) is 35.7 Å². The van der Waals surface area contributed by atoms with Crippen molar-refractivity contribution in [1.82, 2.24) is 10.2 Å². The second kappa shape index (κ2) is 7.76. The van der Waals surface area contributed by atoms with E-state index >= 15 is 0 Å². The number of nitriles is 1. The maximum absolute atomic E-state index is 11.7. The molecule has 0 radical (unpaired) electrons. The molecule has 1 fully saturated rings. The molecule has 0 bridgehead atoms. The number of nitrogens with zero attached hydrogens (tertiary/aromatic N) is 2. The Morgan fingerprint density at radius 2 is 1.79 bits per heavy atom. The lowest BCUT2D eigenvalue weighted by atomic mass is 10.1. The van der Waals surface area contributed by atoms with E-state index in [0.29, 0.717) is 18.5 Å². The monoisotopic (exact) mass is 319 g/mol. The first-order valence-corrected chi connectivity index (χ1v) is 8.30. The van der Waals surface area contributed by atoms with Crippen LogP contribution in [0.1, 0.15) is 35.1 Å². The molecule has 0 spiro atoms. The van der Waals surface area contributed by atoms with Gasteiger partial charge in [0.05, 0.1) is 11.6 Å². The van der Waals surface area contributed by atoms with Gasteiger partial charge in [-0.3, -0.25) is 4.79 Å². The van der Waals surface area contributed by atoms with Crippen LogP contribution in [0.5, 0.6) is 0 Å². The van der Waals surface area contributed by atoms with Crippen molar-refractivity contribution in [2.45, 2.75) is 32.5 Å². The number of hydrogen-bond donors (Lipinski definition) is 1. The van der Waals surface area contributed by atoms with E-state index in [4.69, 9.17) is 5.26 Å². The number of amides is 1. The van der Waals surface area contributed by atoms with Crippen LogP contribution < -0.4 is 5.32 Å². The zero-order chi connectivity index (χ0) is 16.8. The Kier molecular flexibility index (Phi) is 5.25. The molecule has 122 valence electrons. The summed E-state index contributed by atoms with van der Waals surface area (Å²) in [6, 6.07) is 18.2. The molecule has 1 aliphatic heterocycles. The molecule has 0 saturated carbocycles. The molecule has 0 aromatic heterocycles. The quantitative estimate of drug-likeness (QED) is 0.890. The molecule has 2 aromatic carbocycles. The van der Waals surface area contributed by atoms with E-state index in [-0.39, 0.29) is 5.91 Å². The molecule has 1 amide bonds. The van der Waals surface area contributed by atoms with Crippen molar-refractivity contribution in [1.29, 1.82) is 5.26 Å². The zero-order valence-corrected chi connectivity index (χ0v) is 13.7. The molecule has 0 aliphatic carbocycles.